The van der Waals surface area contributed by atoms with Crippen molar-refractivity contribution in [1.29, 1.82) is 0 Å². The summed E-state index contributed by atoms with van der Waals surface area (Å²) >= 11 is 5.78. The standard InChI is InChI=1S/C14H18ClFN4/c1-19-3-2-4-20(6-5-19)9-14-17-12-7-10(15)11(16)8-13(12)18-14/h7-8H,2-6,9H2,1H3,(H,17,18). The quantitative estimate of drug-likeness (QED) is 0.925. The highest BCUT2D eigenvalue weighted by molar-refractivity contribution is 6.31. The molecule has 108 valence electrons. The van der Waals surface area contributed by atoms with Crippen LogP contribution in [0.5, 0.6) is 0 Å². The van der Waals surface area contributed by atoms with Crippen LogP contribution in [0.2, 0.25) is 5.02 Å². The number of aromatic nitrogens is 2. The molecule has 4 nitrogen and oxygen atoms in total. The highest BCUT2D eigenvalue weighted by Crippen LogP contribution is 2.21. The second kappa shape index (κ2) is 5.68. The first-order valence-electron chi connectivity index (χ1n) is 6.86. The number of imidazole rings is 1. The van der Waals surface area contributed by atoms with Gasteiger partial charge in [-0.15, -0.1) is 0 Å². The lowest BCUT2D eigenvalue weighted by atomic mass is 10.3. The Hall–Kier alpha value is -1.17. The third-order valence-corrected chi connectivity index (χ3v) is 4.05. The maximum Gasteiger partial charge on any atom is 0.144 e. The van der Waals surface area contributed by atoms with Gasteiger partial charge in [-0.2, -0.15) is 0 Å². The van der Waals surface area contributed by atoms with E-state index in [1.807, 2.05) is 0 Å². The van der Waals surface area contributed by atoms with Crippen LogP contribution in [0.25, 0.3) is 11.0 Å². The van der Waals surface area contributed by atoms with Crippen molar-refractivity contribution in [2.75, 3.05) is 33.2 Å². The predicted molar refractivity (Wildman–Crippen MR) is 78.5 cm³/mol. The summed E-state index contributed by atoms with van der Waals surface area (Å²) in [6.07, 6.45) is 1.16. The highest BCUT2D eigenvalue weighted by Gasteiger charge is 2.14. The molecule has 0 unspecified atom stereocenters. The van der Waals surface area contributed by atoms with Crippen LogP contribution in [0, 0.1) is 5.82 Å². The van der Waals surface area contributed by atoms with E-state index in [-0.39, 0.29) is 5.02 Å². The lowest BCUT2D eigenvalue weighted by molar-refractivity contribution is 0.264. The van der Waals surface area contributed by atoms with Crippen LogP contribution in [0.1, 0.15) is 12.2 Å². The largest absolute Gasteiger partial charge is 0.341 e. The normalized spacial score (nSPS) is 18.6. The Bertz CT molecular complexity index is 573. The Morgan fingerprint density at radius 3 is 3.00 bits per heavy atom. The van der Waals surface area contributed by atoms with Gasteiger partial charge in [-0.1, -0.05) is 11.6 Å². The minimum absolute atomic E-state index is 0.118. The number of hydrogen-bond acceptors (Lipinski definition) is 3. The third-order valence-electron chi connectivity index (χ3n) is 3.76. The van der Waals surface area contributed by atoms with E-state index in [9.17, 15) is 4.39 Å². The van der Waals surface area contributed by atoms with Crippen LogP contribution in [0.4, 0.5) is 4.39 Å². The van der Waals surface area contributed by atoms with Gasteiger partial charge < -0.3 is 9.88 Å². The summed E-state index contributed by atoms with van der Waals surface area (Å²) in [5.74, 6) is 0.456. The molecule has 1 aliphatic rings. The van der Waals surface area contributed by atoms with Crippen molar-refractivity contribution in [1.82, 2.24) is 19.8 Å². The average Bonchev–Trinajstić information content (AvgIpc) is 2.65. The Morgan fingerprint density at radius 1 is 1.30 bits per heavy atom. The molecule has 0 spiro atoms. The van der Waals surface area contributed by atoms with E-state index in [2.05, 4.69) is 26.8 Å². The number of aromatic amines is 1. The molecule has 0 radical (unpaired) electrons. The van der Waals surface area contributed by atoms with E-state index < -0.39 is 5.82 Å². The molecule has 0 bridgehead atoms. The molecule has 1 fully saturated rings. The topological polar surface area (TPSA) is 35.2 Å². The van der Waals surface area contributed by atoms with E-state index in [0.29, 0.717) is 5.52 Å². The van der Waals surface area contributed by atoms with Crippen LogP contribution in [0.3, 0.4) is 0 Å². The fourth-order valence-corrected chi connectivity index (χ4v) is 2.76. The van der Waals surface area contributed by atoms with Gasteiger partial charge in [-0.3, -0.25) is 4.90 Å². The van der Waals surface area contributed by atoms with Crippen molar-refractivity contribution >= 4 is 22.6 Å². The molecule has 1 aliphatic heterocycles. The molecule has 2 heterocycles. The monoisotopic (exact) mass is 296 g/mol. The molecule has 3 rings (SSSR count). The van der Waals surface area contributed by atoms with Gasteiger partial charge >= 0.3 is 0 Å². The smallest absolute Gasteiger partial charge is 0.144 e. The number of halogens is 2. The van der Waals surface area contributed by atoms with E-state index in [1.54, 1.807) is 6.07 Å². The summed E-state index contributed by atoms with van der Waals surface area (Å²) in [6.45, 7) is 5.07. The molecule has 0 atom stereocenters. The summed E-state index contributed by atoms with van der Waals surface area (Å²) in [4.78, 5) is 12.4. The molecule has 6 heteroatoms. The van der Waals surface area contributed by atoms with E-state index in [4.69, 9.17) is 11.6 Å². The van der Waals surface area contributed by atoms with Crippen LogP contribution in [-0.2, 0) is 6.54 Å². The summed E-state index contributed by atoms with van der Waals surface area (Å²) in [7, 11) is 2.15. The number of hydrogen-bond donors (Lipinski definition) is 1. The van der Waals surface area contributed by atoms with Gasteiger partial charge in [0.1, 0.15) is 11.6 Å². The first kappa shape index (κ1) is 13.8. The van der Waals surface area contributed by atoms with Gasteiger partial charge in [-0.25, -0.2) is 9.37 Å². The molecule has 0 saturated carbocycles. The number of nitrogens with one attached hydrogen (secondary N) is 1. The maximum absolute atomic E-state index is 13.4. The van der Waals surface area contributed by atoms with Crippen molar-refractivity contribution in [3.05, 3.63) is 28.8 Å². The lowest BCUT2D eigenvalue weighted by Gasteiger charge is -2.18. The number of nitrogens with zero attached hydrogens (tertiary/aromatic N) is 3. The second-order valence-electron chi connectivity index (χ2n) is 5.40. The Kier molecular flexibility index (Phi) is 3.92. The van der Waals surface area contributed by atoms with Crippen LogP contribution >= 0.6 is 11.6 Å². The number of likely N-dealkylation sites (N-methyl/N-ethyl adjacent to an activating group) is 1. The first-order chi connectivity index (χ1) is 9.61. The van der Waals surface area contributed by atoms with Crippen molar-refractivity contribution in [3.63, 3.8) is 0 Å². The van der Waals surface area contributed by atoms with Crippen molar-refractivity contribution < 1.29 is 4.39 Å². The first-order valence-corrected chi connectivity index (χ1v) is 7.24. The Balaban J connectivity index is 1.77. The molecule has 1 aromatic heterocycles. The third kappa shape index (κ3) is 2.95. The minimum Gasteiger partial charge on any atom is -0.341 e. The molecule has 0 aliphatic carbocycles. The van der Waals surface area contributed by atoms with Gasteiger partial charge in [0.25, 0.3) is 0 Å². The molecular weight excluding hydrogens is 279 g/mol. The summed E-state index contributed by atoms with van der Waals surface area (Å²) in [6, 6.07) is 2.98. The zero-order chi connectivity index (χ0) is 14.1. The Morgan fingerprint density at radius 2 is 2.15 bits per heavy atom. The maximum atomic E-state index is 13.4. The summed E-state index contributed by atoms with van der Waals surface area (Å²) < 4.78 is 13.4. The lowest BCUT2D eigenvalue weighted by Crippen LogP contribution is -2.28. The average molecular weight is 297 g/mol. The van der Waals surface area contributed by atoms with Crippen molar-refractivity contribution in [3.8, 4) is 0 Å². The van der Waals surface area contributed by atoms with Crippen LogP contribution < -0.4 is 0 Å². The molecule has 1 aromatic carbocycles. The minimum atomic E-state index is -0.411. The fourth-order valence-electron chi connectivity index (χ4n) is 2.60. The number of H-pyrrole nitrogens is 1. The zero-order valence-electron chi connectivity index (χ0n) is 11.5. The van der Waals surface area contributed by atoms with E-state index >= 15 is 0 Å². The molecule has 20 heavy (non-hydrogen) atoms. The van der Waals surface area contributed by atoms with E-state index in [1.165, 1.54) is 6.07 Å². The highest BCUT2D eigenvalue weighted by atomic mass is 35.5. The number of rotatable bonds is 2. The van der Waals surface area contributed by atoms with Gasteiger partial charge in [0, 0.05) is 19.2 Å². The number of fused-ring (bicyclic) bond motifs is 1. The van der Waals surface area contributed by atoms with Gasteiger partial charge in [0.05, 0.1) is 22.6 Å². The second-order valence-corrected chi connectivity index (χ2v) is 5.81. The van der Waals surface area contributed by atoms with Crippen molar-refractivity contribution in [2.24, 2.45) is 0 Å². The summed E-state index contributed by atoms with van der Waals surface area (Å²) in [5, 5.41) is 0.118. The molecular formula is C14H18ClFN4. The fraction of sp³-hybridized carbons (Fsp3) is 0.500. The molecule has 2 aromatic rings. The molecule has 1 saturated heterocycles. The van der Waals surface area contributed by atoms with Gasteiger partial charge in [-0.05, 0) is 32.6 Å². The number of benzene rings is 1. The SMILES string of the molecule is CN1CCCN(Cc2nc3cc(Cl)c(F)cc3[nH]2)CC1. The van der Waals surface area contributed by atoms with E-state index in [0.717, 1.165) is 50.5 Å². The van der Waals surface area contributed by atoms with Gasteiger partial charge in [0.15, 0.2) is 0 Å². The Labute approximate surface area is 122 Å². The van der Waals surface area contributed by atoms with Crippen LogP contribution in [-0.4, -0.2) is 53.0 Å². The van der Waals surface area contributed by atoms with Gasteiger partial charge in [0.2, 0.25) is 0 Å². The summed E-state index contributed by atoms with van der Waals surface area (Å²) in [5.41, 5.74) is 1.42. The molecule has 0 amide bonds. The molecule has 1 N–H and O–H groups in total. The zero-order valence-corrected chi connectivity index (χ0v) is 12.3. The predicted octanol–water partition coefficient (Wildman–Crippen LogP) is 2.49. The van der Waals surface area contributed by atoms with Crippen molar-refractivity contribution in [2.45, 2.75) is 13.0 Å². The van der Waals surface area contributed by atoms with Crippen LogP contribution in [0.15, 0.2) is 12.1 Å².